The lowest BCUT2D eigenvalue weighted by molar-refractivity contribution is 0.0613. The third-order valence-electron chi connectivity index (χ3n) is 3.99. The van der Waals surface area contributed by atoms with E-state index in [4.69, 9.17) is 0 Å². The molecular weight excluding hydrogens is 174 g/mol. The highest BCUT2D eigenvalue weighted by atomic mass is 16.3. The van der Waals surface area contributed by atoms with Crippen molar-refractivity contribution in [2.75, 3.05) is 13.1 Å². The van der Waals surface area contributed by atoms with E-state index in [-0.39, 0.29) is 6.10 Å². The summed E-state index contributed by atoms with van der Waals surface area (Å²) in [4.78, 5) is 0. The molecule has 1 saturated heterocycles. The maximum atomic E-state index is 10.0. The molecule has 14 heavy (non-hydrogen) atoms. The summed E-state index contributed by atoms with van der Waals surface area (Å²) in [5.41, 5.74) is 0. The summed E-state index contributed by atoms with van der Waals surface area (Å²) in [6, 6.07) is 0. The van der Waals surface area contributed by atoms with Gasteiger partial charge in [-0.15, -0.1) is 0 Å². The van der Waals surface area contributed by atoms with E-state index in [0.717, 1.165) is 19.0 Å². The second-order valence-electron chi connectivity index (χ2n) is 4.98. The molecule has 82 valence electrons. The Hall–Kier alpha value is -0.0800. The zero-order valence-electron chi connectivity index (χ0n) is 9.04. The molecule has 0 amide bonds. The number of hydrogen-bond donors (Lipinski definition) is 2. The molecule has 2 rings (SSSR count). The summed E-state index contributed by atoms with van der Waals surface area (Å²) in [6.45, 7) is 1.92. The van der Waals surface area contributed by atoms with E-state index in [9.17, 15) is 5.11 Å². The Morgan fingerprint density at radius 3 is 2.50 bits per heavy atom. The molecule has 2 atom stereocenters. The number of nitrogens with one attached hydrogen (secondary N) is 1. The van der Waals surface area contributed by atoms with Gasteiger partial charge in [-0.2, -0.15) is 0 Å². The van der Waals surface area contributed by atoms with Gasteiger partial charge in [-0.05, 0) is 31.2 Å². The molecule has 0 aromatic carbocycles. The fourth-order valence-corrected chi connectivity index (χ4v) is 3.17. The van der Waals surface area contributed by atoms with Gasteiger partial charge in [-0.25, -0.2) is 0 Å². The van der Waals surface area contributed by atoms with Crippen LogP contribution in [0.2, 0.25) is 0 Å². The quantitative estimate of drug-likeness (QED) is 0.673. The van der Waals surface area contributed by atoms with Crippen LogP contribution >= 0.6 is 0 Å². The third-order valence-corrected chi connectivity index (χ3v) is 3.99. The van der Waals surface area contributed by atoms with Crippen molar-refractivity contribution in [1.82, 2.24) is 5.32 Å². The molecule has 0 aromatic heterocycles. The number of aliphatic hydroxyl groups excluding tert-OH is 1. The second-order valence-corrected chi connectivity index (χ2v) is 4.98. The fourth-order valence-electron chi connectivity index (χ4n) is 3.17. The van der Waals surface area contributed by atoms with Crippen LogP contribution in [-0.4, -0.2) is 24.3 Å². The van der Waals surface area contributed by atoms with Crippen LogP contribution < -0.4 is 5.32 Å². The van der Waals surface area contributed by atoms with Crippen LogP contribution in [-0.2, 0) is 0 Å². The van der Waals surface area contributed by atoms with E-state index >= 15 is 0 Å². The van der Waals surface area contributed by atoms with Crippen LogP contribution in [0.15, 0.2) is 0 Å². The first-order chi connectivity index (χ1) is 6.88. The highest BCUT2D eigenvalue weighted by molar-refractivity contribution is 4.82. The molecule has 1 aliphatic heterocycles. The lowest BCUT2D eigenvalue weighted by Crippen LogP contribution is -2.34. The van der Waals surface area contributed by atoms with Crippen molar-refractivity contribution in [3.63, 3.8) is 0 Å². The zero-order chi connectivity index (χ0) is 9.80. The zero-order valence-corrected chi connectivity index (χ0v) is 9.04. The maximum absolute atomic E-state index is 10.0. The Balaban J connectivity index is 1.91. The molecule has 0 aromatic rings. The van der Waals surface area contributed by atoms with Gasteiger partial charge >= 0.3 is 0 Å². The van der Waals surface area contributed by atoms with Crippen molar-refractivity contribution >= 4 is 0 Å². The van der Waals surface area contributed by atoms with Crippen molar-refractivity contribution in [2.45, 2.75) is 51.0 Å². The van der Waals surface area contributed by atoms with E-state index in [1.165, 1.54) is 44.9 Å². The Morgan fingerprint density at radius 1 is 0.929 bits per heavy atom. The van der Waals surface area contributed by atoms with Crippen molar-refractivity contribution in [3.05, 3.63) is 0 Å². The lowest BCUT2D eigenvalue weighted by atomic mass is 9.76. The van der Waals surface area contributed by atoms with Gasteiger partial charge in [0.05, 0.1) is 6.10 Å². The normalized spacial score (nSPS) is 36.6. The van der Waals surface area contributed by atoms with Gasteiger partial charge in [0.2, 0.25) is 0 Å². The van der Waals surface area contributed by atoms with Crippen LogP contribution in [0, 0.1) is 11.8 Å². The molecule has 2 aliphatic rings. The van der Waals surface area contributed by atoms with Gasteiger partial charge in [-0.1, -0.05) is 32.1 Å². The highest BCUT2D eigenvalue weighted by Gasteiger charge is 2.29. The summed E-state index contributed by atoms with van der Waals surface area (Å²) in [6.07, 6.45) is 9.32. The molecule has 2 nitrogen and oxygen atoms in total. The first-order valence-electron chi connectivity index (χ1n) is 6.26. The summed E-state index contributed by atoms with van der Waals surface area (Å²) >= 11 is 0. The molecule has 0 spiro atoms. The molecule has 2 heteroatoms. The van der Waals surface area contributed by atoms with Crippen LogP contribution in [0.5, 0.6) is 0 Å². The van der Waals surface area contributed by atoms with Gasteiger partial charge in [0.15, 0.2) is 0 Å². The summed E-state index contributed by atoms with van der Waals surface area (Å²) in [5, 5.41) is 13.4. The SMILES string of the molecule is OC1CNCCCC1C1CCCCC1. The predicted molar refractivity (Wildman–Crippen MR) is 58.2 cm³/mol. The first kappa shape index (κ1) is 10.4. The highest BCUT2D eigenvalue weighted by Crippen LogP contribution is 2.34. The summed E-state index contributed by atoms with van der Waals surface area (Å²) < 4.78 is 0. The average Bonchev–Trinajstić information content (AvgIpc) is 2.44. The summed E-state index contributed by atoms with van der Waals surface area (Å²) in [5.74, 6) is 1.41. The Bertz CT molecular complexity index is 166. The van der Waals surface area contributed by atoms with Crippen molar-refractivity contribution in [3.8, 4) is 0 Å². The van der Waals surface area contributed by atoms with E-state index in [1.807, 2.05) is 0 Å². The standard InChI is InChI=1S/C12H23NO/c14-12-9-13-8-4-7-11(12)10-5-2-1-3-6-10/h10-14H,1-9H2. The largest absolute Gasteiger partial charge is 0.392 e. The van der Waals surface area contributed by atoms with Gasteiger partial charge in [0.1, 0.15) is 0 Å². The van der Waals surface area contributed by atoms with Gasteiger partial charge in [-0.3, -0.25) is 0 Å². The van der Waals surface area contributed by atoms with E-state index in [2.05, 4.69) is 5.32 Å². The van der Waals surface area contributed by atoms with E-state index in [1.54, 1.807) is 0 Å². The molecule has 1 aliphatic carbocycles. The van der Waals surface area contributed by atoms with Crippen LogP contribution in [0.1, 0.15) is 44.9 Å². The number of β-amino-alcohol motifs (C(OH)–C–C–N with tert-alkyl or cyclic N) is 1. The fraction of sp³-hybridized carbons (Fsp3) is 1.00. The number of aliphatic hydroxyl groups is 1. The predicted octanol–water partition coefficient (Wildman–Crippen LogP) is 1.93. The summed E-state index contributed by atoms with van der Waals surface area (Å²) in [7, 11) is 0. The molecule has 2 N–H and O–H groups in total. The molecule has 1 saturated carbocycles. The van der Waals surface area contributed by atoms with E-state index < -0.39 is 0 Å². The number of rotatable bonds is 1. The first-order valence-corrected chi connectivity index (χ1v) is 6.26. The molecular formula is C12H23NO. The van der Waals surface area contributed by atoms with Gasteiger partial charge in [0.25, 0.3) is 0 Å². The van der Waals surface area contributed by atoms with Crippen molar-refractivity contribution < 1.29 is 5.11 Å². The molecule has 2 unspecified atom stereocenters. The monoisotopic (exact) mass is 197 g/mol. The molecule has 1 heterocycles. The second kappa shape index (κ2) is 5.13. The Morgan fingerprint density at radius 2 is 1.71 bits per heavy atom. The smallest absolute Gasteiger partial charge is 0.0695 e. The van der Waals surface area contributed by atoms with Crippen molar-refractivity contribution in [1.29, 1.82) is 0 Å². The Kier molecular flexibility index (Phi) is 3.82. The third kappa shape index (κ3) is 2.48. The maximum Gasteiger partial charge on any atom is 0.0695 e. The van der Waals surface area contributed by atoms with Crippen LogP contribution in [0.3, 0.4) is 0 Å². The Labute approximate surface area is 87.1 Å². The molecule has 0 bridgehead atoms. The minimum atomic E-state index is -0.0828. The van der Waals surface area contributed by atoms with Crippen LogP contribution in [0.25, 0.3) is 0 Å². The average molecular weight is 197 g/mol. The lowest BCUT2D eigenvalue weighted by Gasteiger charge is -2.32. The van der Waals surface area contributed by atoms with Gasteiger partial charge < -0.3 is 10.4 Å². The molecule has 0 radical (unpaired) electrons. The van der Waals surface area contributed by atoms with Gasteiger partial charge in [0, 0.05) is 6.54 Å². The number of hydrogen-bond acceptors (Lipinski definition) is 2. The molecule has 2 fully saturated rings. The van der Waals surface area contributed by atoms with Crippen LogP contribution in [0.4, 0.5) is 0 Å². The van der Waals surface area contributed by atoms with Crippen molar-refractivity contribution in [2.24, 2.45) is 11.8 Å². The van der Waals surface area contributed by atoms with E-state index in [0.29, 0.717) is 5.92 Å². The topological polar surface area (TPSA) is 32.3 Å². The minimum Gasteiger partial charge on any atom is -0.392 e. The minimum absolute atomic E-state index is 0.0828.